The van der Waals surface area contributed by atoms with Crippen LogP contribution in [0.4, 0.5) is 0 Å². The molecule has 2 heterocycles. The van der Waals surface area contributed by atoms with Crippen molar-refractivity contribution in [1.29, 1.82) is 0 Å². The van der Waals surface area contributed by atoms with Gasteiger partial charge in [0.1, 0.15) is 17.2 Å². The molecule has 0 atom stereocenters. The van der Waals surface area contributed by atoms with Gasteiger partial charge in [-0.15, -0.1) is 0 Å². The number of Topliss-reactive ketones (excluding diaryl/α,β-unsaturated/α-hetero) is 1. The van der Waals surface area contributed by atoms with Gasteiger partial charge in [-0.1, -0.05) is 29.8 Å². The van der Waals surface area contributed by atoms with Crippen LogP contribution in [0.1, 0.15) is 40.9 Å². The third-order valence-corrected chi connectivity index (χ3v) is 5.17. The molecule has 0 bridgehead atoms. The van der Waals surface area contributed by atoms with Crippen LogP contribution in [0.3, 0.4) is 0 Å². The minimum absolute atomic E-state index is 0.156. The molecule has 29 heavy (non-hydrogen) atoms. The van der Waals surface area contributed by atoms with E-state index in [0.29, 0.717) is 35.0 Å². The van der Waals surface area contributed by atoms with E-state index < -0.39 is 0 Å². The summed E-state index contributed by atoms with van der Waals surface area (Å²) in [5.41, 5.74) is 2.65. The number of benzene rings is 2. The lowest BCUT2D eigenvalue weighted by atomic mass is 10.0. The third kappa shape index (κ3) is 3.68. The molecule has 2 aliphatic rings. The van der Waals surface area contributed by atoms with Gasteiger partial charge in [0.25, 0.3) is 0 Å². The van der Waals surface area contributed by atoms with Crippen LogP contribution in [-0.4, -0.2) is 18.5 Å². The first-order chi connectivity index (χ1) is 13.8. The van der Waals surface area contributed by atoms with Crippen molar-refractivity contribution < 1.29 is 28.5 Å². The number of rotatable bonds is 3. The van der Waals surface area contributed by atoms with Crippen molar-refractivity contribution in [2.45, 2.75) is 27.4 Å². The maximum atomic E-state index is 12.9. The first kappa shape index (κ1) is 19.7. The molecule has 4 rings (SSSR count). The second-order valence-corrected chi connectivity index (χ2v) is 8.09. The standard InChI is InChI=1S/C22H19BrO6/c1-11(2)22(25)29-17-5-4-16-19(24)18(28-20(16)12(17)3)8-13-6-15(23)7-14-9-26-10-27-21(13)14/h4-8,11H,9-10H2,1-3H3/b18-8-. The summed E-state index contributed by atoms with van der Waals surface area (Å²) < 4.78 is 23.1. The van der Waals surface area contributed by atoms with E-state index in [-0.39, 0.29) is 30.2 Å². The van der Waals surface area contributed by atoms with E-state index in [1.807, 2.05) is 12.1 Å². The highest BCUT2D eigenvalue weighted by molar-refractivity contribution is 9.10. The zero-order chi connectivity index (χ0) is 20.7. The number of ether oxygens (including phenoxy) is 4. The molecule has 7 heteroatoms. The minimum Gasteiger partial charge on any atom is -0.467 e. The van der Waals surface area contributed by atoms with Gasteiger partial charge in [0.15, 0.2) is 12.6 Å². The lowest BCUT2D eigenvalue weighted by molar-refractivity contribution is -0.137. The van der Waals surface area contributed by atoms with Crippen molar-refractivity contribution >= 4 is 33.8 Å². The Morgan fingerprint density at radius 1 is 1.24 bits per heavy atom. The molecule has 0 aliphatic carbocycles. The molecular weight excluding hydrogens is 440 g/mol. The molecule has 0 fully saturated rings. The van der Waals surface area contributed by atoms with Crippen LogP contribution in [0.15, 0.2) is 34.5 Å². The van der Waals surface area contributed by atoms with Gasteiger partial charge in [-0.3, -0.25) is 9.59 Å². The average Bonchev–Trinajstić information content (AvgIpc) is 3.00. The monoisotopic (exact) mass is 458 g/mol. The predicted octanol–water partition coefficient (Wildman–Crippen LogP) is 4.80. The van der Waals surface area contributed by atoms with Crippen LogP contribution in [0.5, 0.6) is 17.2 Å². The molecular formula is C22H19BrO6. The summed E-state index contributed by atoms with van der Waals surface area (Å²) in [5.74, 6) is 0.819. The third-order valence-electron chi connectivity index (χ3n) is 4.71. The molecule has 2 aromatic carbocycles. The summed E-state index contributed by atoms with van der Waals surface area (Å²) in [5, 5.41) is 0. The molecule has 0 N–H and O–H groups in total. The van der Waals surface area contributed by atoms with E-state index in [2.05, 4.69) is 15.9 Å². The number of carbonyl (C=O) groups excluding carboxylic acids is 2. The first-order valence-electron chi connectivity index (χ1n) is 9.17. The molecule has 6 nitrogen and oxygen atoms in total. The Hall–Kier alpha value is -2.64. The van der Waals surface area contributed by atoms with E-state index in [0.717, 1.165) is 15.6 Å². The van der Waals surface area contributed by atoms with Crippen LogP contribution < -0.4 is 14.2 Å². The predicted molar refractivity (Wildman–Crippen MR) is 109 cm³/mol. The molecule has 0 aromatic heterocycles. The summed E-state index contributed by atoms with van der Waals surface area (Å²) in [4.78, 5) is 24.8. The highest BCUT2D eigenvalue weighted by Gasteiger charge is 2.31. The highest BCUT2D eigenvalue weighted by Crippen LogP contribution is 2.41. The van der Waals surface area contributed by atoms with Crippen molar-refractivity contribution in [2.24, 2.45) is 5.92 Å². The summed E-state index contributed by atoms with van der Waals surface area (Å²) in [6.45, 7) is 5.88. The fourth-order valence-corrected chi connectivity index (χ4v) is 3.68. The zero-order valence-electron chi connectivity index (χ0n) is 16.2. The quantitative estimate of drug-likeness (QED) is 0.373. The smallest absolute Gasteiger partial charge is 0.313 e. The van der Waals surface area contributed by atoms with Crippen molar-refractivity contribution in [3.63, 3.8) is 0 Å². The number of allylic oxidation sites excluding steroid dienone is 1. The number of carbonyl (C=O) groups is 2. The van der Waals surface area contributed by atoms with Crippen LogP contribution in [-0.2, 0) is 16.1 Å². The number of halogens is 1. The SMILES string of the molecule is Cc1c(OC(=O)C(C)C)ccc2c1O/C(=C\c1cc(Br)cc3c1OCOC3)C2=O. The van der Waals surface area contributed by atoms with Gasteiger partial charge < -0.3 is 18.9 Å². The molecule has 2 aliphatic heterocycles. The molecule has 150 valence electrons. The van der Waals surface area contributed by atoms with Crippen molar-refractivity contribution in [3.05, 3.63) is 56.8 Å². The van der Waals surface area contributed by atoms with Gasteiger partial charge in [-0.25, -0.2) is 0 Å². The van der Waals surface area contributed by atoms with E-state index in [1.165, 1.54) is 0 Å². The molecule has 0 spiro atoms. The summed E-state index contributed by atoms with van der Waals surface area (Å²) in [6.07, 6.45) is 1.66. The Bertz CT molecular complexity index is 1050. The Kier molecular flexibility index (Phi) is 5.19. The van der Waals surface area contributed by atoms with E-state index in [9.17, 15) is 9.59 Å². The first-order valence-corrected chi connectivity index (χ1v) is 9.97. The minimum atomic E-state index is -0.340. The van der Waals surface area contributed by atoms with Crippen molar-refractivity contribution in [2.75, 3.05) is 6.79 Å². The van der Waals surface area contributed by atoms with Crippen LogP contribution in [0.2, 0.25) is 0 Å². The topological polar surface area (TPSA) is 71.1 Å². The van der Waals surface area contributed by atoms with Gasteiger partial charge in [-0.2, -0.15) is 0 Å². The maximum Gasteiger partial charge on any atom is 0.313 e. The van der Waals surface area contributed by atoms with Gasteiger partial charge in [0.2, 0.25) is 5.78 Å². The van der Waals surface area contributed by atoms with Gasteiger partial charge in [0, 0.05) is 21.2 Å². The zero-order valence-corrected chi connectivity index (χ0v) is 17.8. The van der Waals surface area contributed by atoms with Crippen LogP contribution in [0.25, 0.3) is 6.08 Å². The number of fused-ring (bicyclic) bond motifs is 2. The Balaban J connectivity index is 1.70. The molecule has 2 aromatic rings. The summed E-state index contributed by atoms with van der Waals surface area (Å²) >= 11 is 3.48. The second-order valence-electron chi connectivity index (χ2n) is 7.17. The Morgan fingerprint density at radius 2 is 2.03 bits per heavy atom. The number of esters is 1. The van der Waals surface area contributed by atoms with Crippen molar-refractivity contribution in [3.8, 4) is 17.2 Å². The number of ketones is 1. The van der Waals surface area contributed by atoms with Crippen LogP contribution in [0, 0.1) is 12.8 Å². The average molecular weight is 459 g/mol. The maximum absolute atomic E-state index is 12.9. The van der Waals surface area contributed by atoms with Gasteiger partial charge in [-0.05, 0) is 37.3 Å². The highest BCUT2D eigenvalue weighted by atomic mass is 79.9. The summed E-state index contributed by atoms with van der Waals surface area (Å²) in [6, 6.07) is 7.02. The van der Waals surface area contributed by atoms with Crippen molar-refractivity contribution in [1.82, 2.24) is 0 Å². The summed E-state index contributed by atoms with van der Waals surface area (Å²) in [7, 11) is 0. The Labute approximate surface area is 176 Å². The van der Waals surface area contributed by atoms with E-state index in [4.69, 9.17) is 18.9 Å². The second kappa shape index (κ2) is 7.65. The fraction of sp³-hybridized carbons (Fsp3) is 0.273. The number of hydrogen-bond donors (Lipinski definition) is 0. The fourth-order valence-electron chi connectivity index (χ4n) is 3.16. The molecule has 0 radical (unpaired) electrons. The molecule has 0 saturated heterocycles. The van der Waals surface area contributed by atoms with Crippen LogP contribution >= 0.6 is 15.9 Å². The molecule has 0 amide bonds. The van der Waals surface area contributed by atoms with E-state index >= 15 is 0 Å². The largest absolute Gasteiger partial charge is 0.467 e. The molecule has 0 saturated carbocycles. The number of hydrogen-bond acceptors (Lipinski definition) is 6. The lowest BCUT2D eigenvalue weighted by Gasteiger charge is -2.20. The van der Waals surface area contributed by atoms with E-state index in [1.54, 1.807) is 39.0 Å². The Morgan fingerprint density at radius 3 is 2.79 bits per heavy atom. The lowest BCUT2D eigenvalue weighted by Crippen LogP contribution is -2.15. The van der Waals surface area contributed by atoms with Gasteiger partial charge >= 0.3 is 5.97 Å². The van der Waals surface area contributed by atoms with Gasteiger partial charge in [0.05, 0.1) is 18.1 Å². The molecule has 0 unspecified atom stereocenters. The normalized spacial score (nSPS) is 16.3.